The number of amides is 2. The summed E-state index contributed by atoms with van der Waals surface area (Å²) in [5.74, 6) is -1.42. The number of benzene rings is 3. The summed E-state index contributed by atoms with van der Waals surface area (Å²) in [6.07, 6.45) is -1.00. The van der Waals surface area contributed by atoms with E-state index in [1.165, 1.54) is 12.0 Å². The van der Waals surface area contributed by atoms with E-state index in [1.807, 2.05) is 49.4 Å². The first-order chi connectivity index (χ1) is 15.5. The summed E-state index contributed by atoms with van der Waals surface area (Å²) in [6.45, 7) is 1.94. The van der Waals surface area contributed by atoms with Crippen molar-refractivity contribution in [2.75, 3.05) is 17.1 Å². The number of phenols is 1. The van der Waals surface area contributed by atoms with Crippen LogP contribution >= 0.6 is 0 Å². The average molecular weight is 430 g/mol. The van der Waals surface area contributed by atoms with Crippen LogP contribution in [0.25, 0.3) is 0 Å². The molecule has 3 aromatic carbocycles. The van der Waals surface area contributed by atoms with Crippen molar-refractivity contribution in [2.24, 2.45) is 5.92 Å². The fourth-order valence-corrected chi connectivity index (χ4v) is 4.42. The number of aromatic hydroxyl groups is 1. The third-order valence-electron chi connectivity index (χ3n) is 5.99. The monoisotopic (exact) mass is 430 g/mol. The molecule has 7 nitrogen and oxygen atoms in total. The largest absolute Gasteiger partial charge is 0.504 e. The van der Waals surface area contributed by atoms with E-state index in [4.69, 9.17) is 9.57 Å². The molecule has 1 N–H and O–H groups in total. The molecule has 2 amide bonds. The predicted molar refractivity (Wildman–Crippen MR) is 118 cm³/mol. The van der Waals surface area contributed by atoms with E-state index in [0.29, 0.717) is 16.9 Å². The molecule has 2 saturated heterocycles. The zero-order chi connectivity index (χ0) is 22.4. The van der Waals surface area contributed by atoms with Gasteiger partial charge in [0.2, 0.25) is 5.91 Å². The number of phenolic OH excluding ortho intramolecular Hbond substituents is 1. The molecule has 0 aliphatic carbocycles. The van der Waals surface area contributed by atoms with E-state index in [9.17, 15) is 14.7 Å². The Morgan fingerprint density at radius 3 is 2.28 bits per heavy atom. The summed E-state index contributed by atoms with van der Waals surface area (Å²) >= 11 is 0. The molecule has 0 unspecified atom stereocenters. The summed E-state index contributed by atoms with van der Waals surface area (Å²) in [6, 6.07) is 20.8. The van der Waals surface area contributed by atoms with Crippen LogP contribution in [0.1, 0.15) is 17.2 Å². The molecule has 32 heavy (non-hydrogen) atoms. The van der Waals surface area contributed by atoms with Gasteiger partial charge in [-0.2, -0.15) is 0 Å². The van der Waals surface area contributed by atoms with Crippen LogP contribution in [0.3, 0.4) is 0 Å². The van der Waals surface area contributed by atoms with Crippen LogP contribution in [-0.2, 0) is 14.4 Å². The Hall–Kier alpha value is -3.84. The first-order valence-electron chi connectivity index (χ1n) is 10.3. The van der Waals surface area contributed by atoms with Crippen LogP contribution in [0.2, 0.25) is 0 Å². The predicted octanol–water partition coefficient (Wildman–Crippen LogP) is 3.76. The van der Waals surface area contributed by atoms with Crippen molar-refractivity contribution in [1.82, 2.24) is 0 Å². The van der Waals surface area contributed by atoms with Gasteiger partial charge in [0.15, 0.2) is 17.6 Å². The number of rotatable bonds is 4. The Balaban J connectivity index is 1.62. The summed E-state index contributed by atoms with van der Waals surface area (Å²) < 4.78 is 5.28. The molecule has 0 bridgehead atoms. The van der Waals surface area contributed by atoms with Crippen LogP contribution < -0.4 is 14.7 Å². The molecule has 2 aliphatic heterocycles. The molecule has 0 aromatic heterocycles. The number of hydroxylamine groups is 1. The third kappa shape index (κ3) is 3.01. The number of imide groups is 1. The van der Waals surface area contributed by atoms with Gasteiger partial charge in [-0.05, 0) is 37.3 Å². The minimum atomic E-state index is -1.00. The van der Waals surface area contributed by atoms with Crippen molar-refractivity contribution >= 4 is 23.2 Å². The smallest absolute Gasteiger partial charge is 0.266 e. The molecular formula is C25H22N2O5. The number of aryl methyl sites for hydroxylation is 1. The fraction of sp³-hybridized carbons (Fsp3) is 0.200. The van der Waals surface area contributed by atoms with Gasteiger partial charge in [-0.15, -0.1) is 0 Å². The van der Waals surface area contributed by atoms with Crippen LogP contribution in [0.15, 0.2) is 72.8 Å². The molecule has 7 heteroatoms. The van der Waals surface area contributed by atoms with Crippen LogP contribution in [0.4, 0.5) is 11.4 Å². The number of carbonyl (C=O) groups is 2. The van der Waals surface area contributed by atoms with E-state index >= 15 is 0 Å². The van der Waals surface area contributed by atoms with Crippen LogP contribution in [0.5, 0.6) is 11.5 Å². The minimum absolute atomic E-state index is 0.0841. The van der Waals surface area contributed by atoms with Gasteiger partial charge in [-0.1, -0.05) is 48.0 Å². The van der Waals surface area contributed by atoms with Crippen LogP contribution in [0, 0.1) is 12.8 Å². The van der Waals surface area contributed by atoms with Gasteiger partial charge >= 0.3 is 0 Å². The topological polar surface area (TPSA) is 79.3 Å². The molecule has 0 radical (unpaired) electrons. The summed E-state index contributed by atoms with van der Waals surface area (Å²) in [4.78, 5) is 34.2. The maximum atomic E-state index is 13.6. The summed E-state index contributed by atoms with van der Waals surface area (Å²) in [5, 5.41) is 12.4. The highest BCUT2D eigenvalue weighted by atomic mass is 16.7. The first-order valence-corrected chi connectivity index (χ1v) is 10.3. The van der Waals surface area contributed by atoms with Crippen molar-refractivity contribution in [1.29, 1.82) is 0 Å². The van der Waals surface area contributed by atoms with Crippen molar-refractivity contribution in [3.63, 3.8) is 0 Å². The lowest BCUT2D eigenvalue weighted by Crippen LogP contribution is -2.37. The number of anilines is 2. The SMILES string of the molecule is COc1cccc([C@H]2[C@H]3C(=O)N(c4ccc(C)cc4)C(=O)[C@H]3ON2c2ccccc2)c1O. The van der Waals surface area contributed by atoms with Gasteiger partial charge in [0.1, 0.15) is 12.0 Å². The number of nitrogens with zero attached hydrogens (tertiary/aromatic N) is 2. The number of hydrogen-bond donors (Lipinski definition) is 1. The Labute approximate surface area is 185 Å². The van der Waals surface area contributed by atoms with Crippen LogP contribution in [-0.4, -0.2) is 30.1 Å². The third-order valence-corrected chi connectivity index (χ3v) is 5.99. The van der Waals surface area contributed by atoms with Gasteiger partial charge in [0.05, 0.1) is 18.5 Å². The van der Waals surface area contributed by atoms with Gasteiger partial charge in [-0.3, -0.25) is 14.4 Å². The van der Waals surface area contributed by atoms with Gasteiger partial charge < -0.3 is 9.84 Å². The molecule has 3 atom stereocenters. The average Bonchev–Trinajstić information content (AvgIpc) is 3.31. The Bertz CT molecular complexity index is 1180. The maximum Gasteiger partial charge on any atom is 0.266 e. The molecule has 3 aromatic rings. The zero-order valence-electron chi connectivity index (χ0n) is 17.6. The molecule has 0 spiro atoms. The lowest BCUT2D eigenvalue weighted by molar-refractivity contribution is -0.126. The standard InChI is InChI=1S/C25H22N2O5/c1-15-11-13-16(14-12-15)26-24(29)20-21(18-9-6-10-19(31-2)22(18)28)27(32-23(20)25(26)30)17-7-4-3-5-8-17/h3-14,20-21,23,28H,1-2H3/t20-,21+,23+/m1/s1. The molecule has 2 aliphatic rings. The Kier molecular flexibility index (Phi) is 4.83. The highest BCUT2D eigenvalue weighted by molar-refractivity contribution is 6.24. The number of fused-ring (bicyclic) bond motifs is 1. The highest BCUT2D eigenvalue weighted by Crippen LogP contribution is 2.50. The fourth-order valence-electron chi connectivity index (χ4n) is 4.42. The Morgan fingerprint density at radius 2 is 1.59 bits per heavy atom. The van der Waals surface area contributed by atoms with E-state index < -0.39 is 24.0 Å². The minimum Gasteiger partial charge on any atom is -0.504 e. The van der Waals surface area contributed by atoms with Crippen molar-refractivity contribution in [3.8, 4) is 11.5 Å². The van der Waals surface area contributed by atoms with Gasteiger partial charge in [0, 0.05) is 5.56 Å². The first kappa shape index (κ1) is 20.1. The van der Waals surface area contributed by atoms with Crippen molar-refractivity contribution in [2.45, 2.75) is 19.1 Å². The summed E-state index contributed by atoms with van der Waals surface area (Å²) in [7, 11) is 1.46. The summed E-state index contributed by atoms with van der Waals surface area (Å²) in [5.41, 5.74) is 2.66. The maximum absolute atomic E-state index is 13.6. The van der Waals surface area contributed by atoms with Gasteiger partial charge in [-0.25, -0.2) is 9.96 Å². The van der Waals surface area contributed by atoms with E-state index in [-0.39, 0.29) is 17.4 Å². The van der Waals surface area contributed by atoms with Crippen molar-refractivity contribution < 1.29 is 24.3 Å². The molecular weight excluding hydrogens is 408 g/mol. The zero-order valence-corrected chi connectivity index (χ0v) is 17.6. The molecule has 2 heterocycles. The number of methoxy groups -OCH3 is 1. The second kappa shape index (κ2) is 7.69. The number of para-hydroxylation sites is 2. The number of carbonyl (C=O) groups excluding carboxylic acids is 2. The second-order valence-corrected chi connectivity index (χ2v) is 7.90. The molecule has 162 valence electrons. The number of hydrogen-bond acceptors (Lipinski definition) is 6. The quantitative estimate of drug-likeness (QED) is 0.635. The second-order valence-electron chi connectivity index (χ2n) is 7.90. The Morgan fingerprint density at radius 1 is 0.875 bits per heavy atom. The molecule has 5 rings (SSSR count). The van der Waals surface area contributed by atoms with E-state index in [2.05, 4.69) is 0 Å². The van der Waals surface area contributed by atoms with E-state index in [1.54, 1.807) is 35.4 Å². The van der Waals surface area contributed by atoms with Gasteiger partial charge in [0.25, 0.3) is 5.91 Å². The van der Waals surface area contributed by atoms with E-state index in [0.717, 1.165) is 5.56 Å². The highest BCUT2D eigenvalue weighted by Gasteiger charge is 2.60. The lowest BCUT2D eigenvalue weighted by Gasteiger charge is -2.29. The molecule has 2 fully saturated rings. The molecule has 0 saturated carbocycles. The normalized spacial score (nSPS) is 22.4. The lowest BCUT2D eigenvalue weighted by atomic mass is 9.90. The number of ether oxygens (including phenoxy) is 1. The van der Waals surface area contributed by atoms with Crippen molar-refractivity contribution in [3.05, 3.63) is 83.9 Å².